The van der Waals surface area contributed by atoms with Crippen molar-refractivity contribution in [2.24, 2.45) is 5.73 Å². The van der Waals surface area contributed by atoms with Gasteiger partial charge < -0.3 is 5.73 Å². The molecule has 0 radical (unpaired) electrons. The van der Waals surface area contributed by atoms with E-state index in [2.05, 4.69) is 5.10 Å². The van der Waals surface area contributed by atoms with Gasteiger partial charge in [0.2, 0.25) is 0 Å². The molecule has 0 aliphatic rings. The molecule has 0 fully saturated rings. The number of nitrogens with two attached hydrogens (primary N) is 1. The van der Waals surface area contributed by atoms with Gasteiger partial charge in [0, 0.05) is 24.4 Å². The summed E-state index contributed by atoms with van der Waals surface area (Å²) in [5.41, 5.74) is 5.89. The monoisotopic (exact) mass is 207 g/mol. The van der Waals surface area contributed by atoms with Crippen molar-refractivity contribution in [2.75, 3.05) is 6.54 Å². The number of hydrogen-bond donors (Lipinski definition) is 1. The van der Waals surface area contributed by atoms with Crippen LogP contribution in [0, 0.1) is 0 Å². The van der Waals surface area contributed by atoms with Gasteiger partial charge in [0.05, 0.1) is 0 Å². The van der Waals surface area contributed by atoms with Gasteiger partial charge in [-0.2, -0.15) is 18.3 Å². The summed E-state index contributed by atoms with van der Waals surface area (Å²) in [6, 6.07) is 1.56. The van der Waals surface area contributed by atoms with E-state index in [9.17, 15) is 13.2 Å². The van der Waals surface area contributed by atoms with E-state index in [1.165, 1.54) is 6.20 Å². The van der Waals surface area contributed by atoms with Crippen LogP contribution in [0.4, 0.5) is 13.2 Å². The van der Waals surface area contributed by atoms with Crippen LogP contribution < -0.4 is 5.73 Å². The maximum absolute atomic E-state index is 12.1. The van der Waals surface area contributed by atoms with Gasteiger partial charge in [-0.1, -0.05) is 6.92 Å². The number of halogens is 3. The van der Waals surface area contributed by atoms with Crippen LogP contribution in [-0.2, 0) is 6.54 Å². The predicted octanol–water partition coefficient (Wildman–Crippen LogP) is 1.51. The van der Waals surface area contributed by atoms with Crippen LogP contribution in [0.5, 0.6) is 0 Å². The van der Waals surface area contributed by atoms with E-state index in [0.29, 0.717) is 12.2 Å². The van der Waals surface area contributed by atoms with Crippen LogP contribution in [0.2, 0.25) is 0 Å². The van der Waals surface area contributed by atoms with Gasteiger partial charge in [-0.05, 0) is 6.07 Å². The number of aromatic nitrogens is 2. The summed E-state index contributed by atoms with van der Waals surface area (Å²) in [5, 5.41) is 3.61. The van der Waals surface area contributed by atoms with Crippen molar-refractivity contribution >= 4 is 0 Å². The molecule has 0 aliphatic carbocycles. The van der Waals surface area contributed by atoms with E-state index in [-0.39, 0.29) is 5.92 Å². The van der Waals surface area contributed by atoms with Crippen LogP contribution in [0.15, 0.2) is 12.3 Å². The number of hydrogen-bond acceptors (Lipinski definition) is 2. The first kappa shape index (κ1) is 11.0. The van der Waals surface area contributed by atoms with Crippen molar-refractivity contribution in [3.8, 4) is 0 Å². The Balaban J connectivity index is 2.82. The highest BCUT2D eigenvalue weighted by Gasteiger charge is 2.29. The normalized spacial score (nSPS) is 14.4. The van der Waals surface area contributed by atoms with Gasteiger partial charge in [-0.15, -0.1) is 0 Å². The highest BCUT2D eigenvalue weighted by molar-refractivity contribution is 5.07. The van der Waals surface area contributed by atoms with Crippen molar-refractivity contribution in [3.63, 3.8) is 0 Å². The molecular weight excluding hydrogens is 195 g/mol. The highest BCUT2D eigenvalue weighted by atomic mass is 19.4. The second-order valence-corrected chi connectivity index (χ2v) is 3.17. The van der Waals surface area contributed by atoms with Crippen LogP contribution >= 0.6 is 0 Å². The summed E-state index contributed by atoms with van der Waals surface area (Å²) in [6.07, 6.45) is -2.89. The van der Waals surface area contributed by atoms with Crippen LogP contribution in [0.1, 0.15) is 18.5 Å². The maximum atomic E-state index is 12.1. The fraction of sp³-hybridized carbons (Fsp3) is 0.625. The van der Waals surface area contributed by atoms with E-state index in [4.69, 9.17) is 5.73 Å². The summed E-state index contributed by atoms with van der Waals surface area (Å²) < 4.78 is 37.2. The molecule has 1 aromatic heterocycles. The van der Waals surface area contributed by atoms with E-state index in [1.54, 1.807) is 13.0 Å². The van der Waals surface area contributed by atoms with Gasteiger partial charge in [-0.3, -0.25) is 4.68 Å². The summed E-state index contributed by atoms with van der Waals surface area (Å²) in [6.45, 7) is 1.02. The van der Waals surface area contributed by atoms with Crippen LogP contribution in [0.25, 0.3) is 0 Å². The molecule has 6 heteroatoms. The van der Waals surface area contributed by atoms with Gasteiger partial charge in [0.25, 0.3) is 0 Å². The smallest absolute Gasteiger partial charge is 0.330 e. The molecule has 2 N–H and O–H groups in total. The number of rotatable bonds is 3. The fourth-order valence-corrected chi connectivity index (χ4v) is 1.18. The number of nitrogens with zero attached hydrogens (tertiary/aromatic N) is 2. The minimum atomic E-state index is -4.24. The van der Waals surface area contributed by atoms with Crippen LogP contribution in [-0.4, -0.2) is 22.5 Å². The molecule has 1 unspecified atom stereocenters. The molecule has 14 heavy (non-hydrogen) atoms. The Morgan fingerprint density at radius 3 is 2.71 bits per heavy atom. The lowest BCUT2D eigenvalue weighted by molar-refractivity contribution is -0.143. The zero-order valence-electron chi connectivity index (χ0n) is 7.75. The molecule has 1 heterocycles. The molecule has 0 saturated carbocycles. The Morgan fingerprint density at radius 1 is 1.57 bits per heavy atom. The third kappa shape index (κ3) is 2.73. The average molecular weight is 207 g/mol. The third-order valence-corrected chi connectivity index (χ3v) is 1.94. The summed E-state index contributed by atoms with van der Waals surface area (Å²) in [7, 11) is 0. The van der Waals surface area contributed by atoms with Gasteiger partial charge in [0.1, 0.15) is 6.54 Å². The second-order valence-electron chi connectivity index (χ2n) is 3.17. The standard InChI is InChI=1S/C8H12F3N3/c1-6(4-12)7-2-3-13-14(7)5-8(9,10)11/h2-3,6H,4-5,12H2,1H3. The lowest BCUT2D eigenvalue weighted by Crippen LogP contribution is -2.22. The molecule has 1 aromatic rings. The number of alkyl halides is 3. The SMILES string of the molecule is CC(CN)c1ccnn1CC(F)(F)F. The van der Waals surface area contributed by atoms with Crippen molar-refractivity contribution in [1.82, 2.24) is 9.78 Å². The molecule has 3 nitrogen and oxygen atoms in total. The molecule has 0 bridgehead atoms. The Labute approximate surface area is 79.7 Å². The second kappa shape index (κ2) is 4.00. The Morgan fingerprint density at radius 2 is 2.21 bits per heavy atom. The van der Waals surface area contributed by atoms with Crippen molar-refractivity contribution in [1.29, 1.82) is 0 Å². The summed E-state index contributed by atoms with van der Waals surface area (Å²) in [5.74, 6) is -0.111. The van der Waals surface area contributed by atoms with Crippen LogP contribution in [0.3, 0.4) is 0 Å². The summed E-state index contributed by atoms with van der Waals surface area (Å²) in [4.78, 5) is 0. The Kier molecular flexibility index (Phi) is 3.15. The van der Waals surface area contributed by atoms with Gasteiger partial charge in [-0.25, -0.2) is 0 Å². The Hall–Kier alpha value is -1.04. The molecule has 0 aliphatic heterocycles. The highest BCUT2D eigenvalue weighted by Crippen LogP contribution is 2.20. The zero-order valence-corrected chi connectivity index (χ0v) is 7.75. The molecule has 80 valence electrons. The maximum Gasteiger partial charge on any atom is 0.408 e. The Bertz CT molecular complexity index is 292. The molecule has 0 aromatic carbocycles. The first-order valence-corrected chi connectivity index (χ1v) is 4.22. The van der Waals surface area contributed by atoms with Crippen molar-refractivity contribution < 1.29 is 13.2 Å². The quantitative estimate of drug-likeness (QED) is 0.816. The average Bonchev–Trinajstić information content (AvgIpc) is 2.48. The molecule has 1 rings (SSSR count). The minimum Gasteiger partial charge on any atom is -0.330 e. The molecule has 0 spiro atoms. The molecular formula is C8H12F3N3. The minimum absolute atomic E-state index is 0.111. The van der Waals surface area contributed by atoms with E-state index < -0.39 is 12.7 Å². The predicted molar refractivity (Wildman–Crippen MR) is 45.8 cm³/mol. The van der Waals surface area contributed by atoms with E-state index >= 15 is 0 Å². The van der Waals surface area contributed by atoms with Crippen molar-refractivity contribution in [3.05, 3.63) is 18.0 Å². The summed E-state index contributed by atoms with van der Waals surface area (Å²) >= 11 is 0. The first-order chi connectivity index (χ1) is 6.44. The molecule has 1 atom stereocenters. The molecule has 0 amide bonds. The zero-order chi connectivity index (χ0) is 10.8. The van der Waals surface area contributed by atoms with Gasteiger partial charge in [0.15, 0.2) is 0 Å². The van der Waals surface area contributed by atoms with E-state index in [0.717, 1.165) is 4.68 Å². The third-order valence-electron chi connectivity index (χ3n) is 1.94. The van der Waals surface area contributed by atoms with E-state index in [1.807, 2.05) is 0 Å². The van der Waals surface area contributed by atoms with Gasteiger partial charge >= 0.3 is 6.18 Å². The van der Waals surface area contributed by atoms with Crippen molar-refractivity contribution in [2.45, 2.75) is 25.6 Å². The lowest BCUT2D eigenvalue weighted by Gasteiger charge is -2.13. The molecule has 0 saturated heterocycles. The first-order valence-electron chi connectivity index (χ1n) is 4.22. The topological polar surface area (TPSA) is 43.8 Å². The fourth-order valence-electron chi connectivity index (χ4n) is 1.18. The lowest BCUT2D eigenvalue weighted by atomic mass is 10.1. The largest absolute Gasteiger partial charge is 0.408 e.